The number of hydrogen-bond acceptors (Lipinski definition) is 5. The first-order valence-electron chi connectivity index (χ1n) is 8.87. The normalized spacial score (nSPS) is 10.2. The van der Waals surface area contributed by atoms with Crippen LogP contribution in [0.4, 0.5) is 0 Å². The number of para-hydroxylation sites is 1. The molecule has 3 N–H and O–H groups in total. The topological polar surface area (TPSA) is 92.6 Å². The Morgan fingerprint density at radius 1 is 1.03 bits per heavy atom. The molecule has 154 valence electrons. The second-order valence-corrected chi connectivity index (χ2v) is 7.03. The minimum absolute atomic E-state index is 0.0679. The lowest BCUT2D eigenvalue weighted by Gasteiger charge is -2.11. The second kappa shape index (κ2) is 9.91. The van der Waals surface area contributed by atoms with Crippen LogP contribution in [-0.4, -0.2) is 23.5 Å². The van der Waals surface area contributed by atoms with E-state index in [0.29, 0.717) is 16.5 Å². The highest BCUT2D eigenvalue weighted by atomic mass is 35.5. The third kappa shape index (κ3) is 5.82. The maximum Gasteiger partial charge on any atom is 0.293 e. The van der Waals surface area contributed by atoms with E-state index in [2.05, 4.69) is 16.2 Å². The molecule has 0 saturated heterocycles. The van der Waals surface area contributed by atoms with Crippen LogP contribution in [0.2, 0.25) is 5.02 Å². The van der Waals surface area contributed by atoms with Gasteiger partial charge in [-0.3, -0.25) is 25.8 Å². The van der Waals surface area contributed by atoms with Crippen molar-refractivity contribution < 1.29 is 18.7 Å². The molecule has 0 aliphatic carbocycles. The summed E-state index contributed by atoms with van der Waals surface area (Å²) in [5.74, 6) is 0.171. The number of halogens is 1. The SMILES string of the molecule is Cc1ccccc1OCC(=O)NNC(=S)NC(=O)c1ccc(-c2ccc(Cl)cc2)o1. The van der Waals surface area contributed by atoms with E-state index < -0.39 is 11.8 Å². The van der Waals surface area contributed by atoms with Crippen LogP contribution in [0.1, 0.15) is 16.1 Å². The molecular weight excluding hydrogens is 426 g/mol. The lowest BCUT2D eigenvalue weighted by atomic mass is 10.2. The third-order valence-electron chi connectivity index (χ3n) is 3.95. The smallest absolute Gasteiger partial charge is 0.293 e. The highest BCUT2D eigenvalue weighted by molar-refractivity contribution is 7.80. The fourth-order valence-corrected chi connectivity index (χ4v) is 2.72. The molecule has 0 bridgehead atoms. The van der Waals surface area contributed by atoms with Gasteiger partial charge >= 0.3 is 0 Å². The van der Waals surface area contributed by atoms with Gasteiger partial charge in [0.05, 0.1) is 0 Å². The fraction of sp³-hybridized carbons (Fsp3) is 0.0952. The second-order valence-electron chi connectivity index (χ2n) is 6.18. The highest BCUT2D eigenvalue weighted by Crippen LogP contribution is 2.23. The van der Waals surface area contributed by atoms with Gasteiger partial charge in [-0.25, -0.2) is 0 Å². The van der Waals surface area contributed by atoms with E-state index in [1.165, 1.54) is 6.07 Å². The molecule has 0 aliphatic heterocycles. The van der Waals surface area contributed by atoms with Crippen molar-refractivity contribution in [3.8, 4) is 17.1 Å². The molecule has 3 aromatic rings. The Morgan fingerprint density at radius 3 is 2.50 bits per heavy atom. The van der Waals surface area contributed by atoms with Gasteiger partial charge in [-0.1, -0.05) is 29.8 Å². The molecule has 2 aromatic carbocycles. The molecule has 2 amide bonds. The van der Waals surface area contributed by atoms with E-state index in [0.717, 1.165) is 11.1 Å². The summed E-state index contributed by atoms with van der Waals surface area (Å²) >= 11 is 10.9. The molecule has 3 rings (SSSR count). The van der Waals surface area contributed by atoms with Crippen molar-refractivity contribution >= 4 is 40.7 Å². The van der Waals surface area contributed by atoms with Crippen LogP contribution >= 0.6 is 23.8 Å². The molecule has 0 fully saturated rings. The van der Waals surface area contributed by atoms with Crippen LogP contribution in [0.15, 0.2) is 65.1 Å². The summed E-state index contributed by atoms with van der Waals surface area (Å²) in [6, 6.07) is 17.5. The predicted octanol–water partition coefficient (Wildman–Crippen LogP) is 3.62. The molecule has 0 spiro atoms. The monoisotopic (exact) mass is 443 g/mol. The summed E-state index contributed by atoms with van der Waals surface area (Å²) in [4.78, 5) is 24.1. The Labute approximate surface area is 183 Å². The third-order valence-corrected chi connectivity index (χ3v) is 4.41. The van der Waals surface area contributed by atoms with Crippen molar-refractivity contribution in [3.63, 3.8) is 0 Å². The van der Waals surface area contributed by atoms with E-state index in [9.17, 15) is 9.59 Å². The highest BCUT2D eigenvalue weighted by Gasteiger charge is 2.14. The molecule has 1 heterocycles. The van der Waals surface area contributed by atoms with Gasteiger partial charge in [0.1, 0.15) is 11.5 Å². The van der Waals surface area contributed by atoms with E-state index in [-0.39, 0.29) is 17.5 Å². The Balaban J connectivity index is 1.45. The number of thiocarbonyl (C=S) groups is 1. The van der Waals surface area contributed by atoms with Gasteiger partial charge < -0.3 is 9.15 Å². The number of hydrazine groups is 1. The van der Waals surface area contributed by atoms with Crippen LogP contribution in [0.3, 0.4) is 0 Å². The van der Waals surface area contributed by atoms with Crippen LogP contribution < -0.4 is 20.9 Å². The Bertz CT molecular complexity index is 1070. The summed E-state index contributed by atoms with van der Waals surface area (Å²) < 4.78 is 11.0. The number of amides is 2. The van der Waals surface area contributed by atoms with Crippen molar-refractivity contribution in [2.45, 2.75) is 6.92 Å². The number of rotatable bonds is 5. The molecule has 0 unspecified atom stereocenters. The Morgan fingerprint density at radius 2 is 1.77 bits per heavy atom. The number of carbonyl (C=O) groups is 2. The number of furan rings is 1. The summed E-state index contributed by atoms with van der Waals surface area (Å²) in [5, 5.41) is 2.93. The summed E-state index contributed by atoms with van der Waals surface area (Å²) in [5.41, 5.74) is 6.49. The zero-order chi connectivity index (χ0) is 21.5. The molecule has 0 radical (unpaired) electrons. The molecule has 0 aliphatic rings. The number of carbonyl (C=O) groups excluding carboxylic acids is 2. The van der Waals surface area contributed by atoms with Crippen LogP contribution in [0.25, 0.3) is 11.3 Å². The number of benzene rings is 2. The van der Waals surface area contributed by atoms with E-state index in [1.54, 1.807) is 36.4 Å². The van der Waals surface area contributed by atoms with E-state index in [4.69, 9.17) is 33.0 Å². The van der Waals surface area contributed by atoms with Gasteiger partial charge in [-0.05, 0) is 67.2 Å². The zero-order valence-electron chi connectivity index (χ0n) is 15.9. The Hall–Kier alpha value is -3.36. The number of nitrogens with one attached hydrogen (secondary N) is 3. The minimum Gasteiger partial charge on any atom is -0.483 e. The standard InChI is InChI=1S/C21H18ClN3O4S/c1-13-4-2-3-5-16(13)28-12-19(26)24-25-21(30)23-20(27)18-11-10-17(29-18)14-6-8-15(22)9-7-14/h2-11H,12H2,1H3,(H,24,26)(H2,23,25,27,30). The van der Waals surface area contributed by atoms with Crippen molar-refractivity contribution in [2.24, 2.45) is 0 Å². The number of hydrogen-bond donors (Lipinski definition) is 3. The van der Waals surface area contributed by atoms with Crippen LogP contribution in [0, 0.1) is 6.92 Å². The van der Waals surface area contributed by atoms with Gasteiger partial charge in [0, 0.05) is 10.6 Å². The van der Waals surface area contributed by atoms with Crippen molar-refractivity contribution in [2.75, 3.05) is 6.61 Å². The molecule has 7 nitrogen and oxygen atoms in total. The molecule has 0 atom stereocenters. The van der Waals surface area contributed by atoms with Crippen LogP contribution in [-0.2, 0) is 4.79 Å². The van der Waals surface area contributed by atoms with Gasteiger partial charge in [-0.15, -0.1) is 0 Å². The first-order valence-corrected chi connectivity index (χ1v) is 9.65. The summed E-state index contributed by atoms with van der Waals surface area (Å²) in [6.45, 7) is 1.67. The quantitative estimate of drug-likeness (QED) is 0.412. The molecule has 0 saturated carbocycles. The largest absolute Gasteiger partial charge is 0.483 e. The molecular formula is C21H18ClN3O4S. The van der Waals surface area contributed by atoms with E-state index >= 15 is 0 Å². The molecule has 1 aromatic heterocycles. The van der Waals surface area contributed by atoms with Gasteiger partial charge in [0.15, 0.2) is 17.5 Å². The van der Waals surface area contributed by atoms with Crippen molar-refractivity contribution in [1.29, 1.82) is 0 Å². The molecule has 9 heteroatoms. The zero-order valence-corrected chi connectivity index (χ0v) is 17.5. The first-order chi connectivity index (χ1) is 14.4. The van der Waals surface area contributed by atoms with Crippen molar-refractivity contribution in [3.05, 3.63) is 77.0 Å². The average Bonchev–Trinajstić information content (AvgIpc) is 3.22. The maximum atomic E-state index is 12.3. The first kappa shape index (κ1) is 21.4. The van der Waals surface area contributed by atoms with Gasteiger partial charge in [-0.2, -0.15) is 0 Å². The Kier molecular flexibility index (Phi) is 7.05. The number of ether oxygens (including phenoxy) is 1. The summed E-state index contributed by atoms with van der Waals surface area (Å²) in [6.07, 6.45) is 0. The van der Waals surface area contributed by atoms with Crippen molar-refractivity contribution in [1.82, 2.24) is 16.2 Å². The molecule has 30 heavy (non-hydrogen) atoms. The van der Waals surface area contributed by atoms with Gasteiger partial charge in [0.25, 0.3) is 11.8 Å². The lowest BCUT2D eigenvalue weighted by Crippen LogP contribution is -2.49. The van der Waals surface area contributed by atoms with E-state index in [1.807, 2.05) is 25.1 Å². The summed E-state index contributed by atoms with van der Waals surface area (Å²) in [7, 11) is 0. The fourth-order valence-electron chi connectivity index (χ4n) is 2.45. The van der Waals surface area contributed by atoms with Gasteiger partial charge in [0.2, 0.25) is 0 Å². The number of aryl methyl sites for hydroxylation is 1. The van der Waals surface area contributed by atoms with Crippen LogP contribution in [0.5, 0.6) is 5.75 Å². The maximum absolute atomic E-state index is 12.3. The predicted molar refractivity (Wildman–Crippen MR) is 117 cm³/mol. The lowest BCUT2D eigenvalue weighted by molar-refractivity contribution is -0.123. The minimum atomic E-state index is -0.557. The average molecular weight is 444 g/mol.